The number of hydrogen-bond donors (Lipinski definition) is 2. The van der Waals surface area contributed by atoms with Gasteiger partial charge in [0.1, 0.15) is 28.5 Å². The van der Waals surface area contributed by atoms with Crippen LogP contribution in [0, 0.1) is 5.82 Å². The Kier molecular flexibility index (Phi) is 5.19. The SMILES string of the molecule is Nc1cc(N2CCc3nc(-c4cnc(N5CCCC(F)C5)cn4)sc3C2O)ccc1F. The van der Waals surface area contributed by atoms with E-state index in [1.807, 2.05) is 4.90 Å². The minimum absolute atomic E-state index is 0.0450. The predicted octanol–water partition coefficient (Wildman–Crippen LogP) is 3.31. The van der Waals surface area contributed by atoms with E-state index < -0.39 is 18.2 Å². The monoisotopic (exact) mass is 444 g/mol. The Morgan fingerprint density at radius 1 is 1.19 bits per heavy atom. The first-order valence-electron chi connectivity index (χ1n) is 10.2. The van der Waals surface area contributed by atoms with Crippen molar-refractivity contribution in [2.75, 3.05) is 35.2 Å². The van der Waals surface area contributed by atoms with Crippen LogP contribution in [0.4, 0.5) is 26.0 Å². The molecular weight excluding hydrogens is 422 g/mol. The maximum absolute atomic E-state index is 13.7. The van der Waals surface area contributed by atoms with Crippen LogP contribution in [0.15, 0.2) is 30.6 Å². The average Bonchev–Trinajstić information content (AvgIpc) is 3.22. The van der Waals surface area contributed by atoms with E-state index in [0.29, 0.717) is 48.1 Å². The predicted molar refractivity (Wildman–Crippen MR) is 116 cm³/mol. The first kappa shape index (κ1) is 20.1. The summed E-state index contributed by atoms with van der Waals surface area (Å²) in [5.41, 5.74) is 7.82. The van der Waals surface area contributed by atoms with Gasteiger partial charge in [0, 0.05) is 25.2 Å². The van der Waals surface area contributed by atoms with Crippen LogP contribution in [0.2, 0.25) is 0 Å². The van der Waals surface area contributed by atoms with Crippen molar-refractivity contribution >= 4 is 28.5 Å². The Morgan fingerprint density at radius 2 is 2.06 bits per heavy atom. The second-order valence-electron chi connectivity index (χ2n) is 7.80. The second kappa shape index (κ2) is 8.01. The summed E-state index contributed by atoms with van der Waals surface area (Å²) in [5.74, 6) is 0.178. The third-order valence-electron chi connectivity index (χ3n) is 5.70. The van der Waals surface area contributed by atoms with Gasteiger partial charge in [-0.3, -0.25) is 0 Å². The van der Waals surface area contributed by atoms with Crippen molar-refractivity contribution in [1.82, 2.24) is 15.0 Å². The standard InChI is InChI=1S/C21H22F2N6OS/c22-12-2-1-6-28(11-12)18-10-25-17(9-26-18)20-27-16-5-7-29(21(30)19(16)31-20)13-3-4-14(23)15(24)8-13/h3-4,8-10,12,21,30H,1-2,5-7,11,24H2. The Labute approximate surface area is 182 Å². The number of rotatable bonds is 3. The van der Waals surface area contributed by atoms with Crippen molar-refractivity contribution < 1.29 is 13.9 Å². The maximum atomic E-state index is 13.7. The van der Waals surface area contributed by atoms with Crippen LogP contribution in [0.25, 0.3) is 10.7 Å². The number of halogens is 2. The molecule has 1 aromatic carbocycles. The van der Waals surface area contributed by atoms with Crippen molar-refractivity contribution in [3.05, 3.63) is 47.0 Å². The van der Waals surface area contributed by atoms with Crippen LogP contribution < -0.4 is 15.5 Å². The molecule has 3 aromatic rings. The Hall–Kier alpha value is -2.85. The highest BCUT2D eigenvalue weighted by atomic mass is 32.1. The van der Waals surface area contributed by atoms with Crippen LogP contribution in [0.5, 0.6) is 0 Å². The number of aliphatic hydroxyl groups excluding tert-OH is 1. The number of thiazole rings is 1. The number of nitrogens with zero attached hydrogens (tertiary/aromatic N) is 5. The Morgan fingerprint density at radius 3 is 2.81 bits per heavy atom. The molecule has 2 aliphatic rings. The fourth-order valence-corrected chi connectivity index (χ4v) is 5.12. The summed E-state index contributed by atoms with van der Waals surface area (Å²) in [5, 5.41) is 11.6. The van der Waals surface area contributed by atoms with E-state index >= 15 is 0 Å². The van der Waals surface area contributed by atoms with Crippen LogP contribution in [0.1, 0.15) is 29.6 Å². The molecule has 3 N–H and O–H groups in total. The van der Waals surface area contributed by atoms with E-state index in [2.05, 4.69) is 15.0 Å². The van der Waals surface area contributed by atoms with E-state index in [1.165, 1.54) is 23.5 Å². The highest BCUT2D eigenvalue weighted by Gasteiger charge is 2.30. The molecule has 0 amide bonds. The molecule has 2 aromatic heterocycles. The van der Waals surface area contributed by atoms with E-state index in [4.69, 9.17) is 5.73 Å². The molecule has 10 heteroatoms. The molecule has 0 saturated carbocycles. The first-order valence-corrected chi connectivity index (χ1v) is 11.0. The third-order valence-corrected chi connectivity index (χ3v) is 6.86. The number of benzene rings is 1. The molecule has 162 valence electrons. The summed E-state index contributed by atoms with van der Waals surface area (Å²) >= 11 is 1.36. The lowest BCUT2D eigenvalue weighted by molar-refractivity contribution is 0.168. The van der Waals surface area contributed by atoms with Gasteiger partial charge in [0.25, 0.3) is 0 Å². The molecule has 2 unspecified atom stereocenters. The number of fused-ring (bicyclic) bond motifs is 1. The van der Waals surface area contributed by atoms with Crippen molar-refractivity contribution in [3.8, 4) is 10.7 Å². The molecule has 2 atom stereocenters. The van der Waals surface area contributed by atoms with Crippen molar-refractivity contribution in [1.29, 1.82) is 0 Å². The van der Waals surface area contributed by atoms with Gasteiger partial charge in [-0.2, -0.15) is 0 Å². The van der Waals surface area contributed by atoms with E-state index in [9.17, 15) is 13.9 Å². The van der Waals surface area contributed by atoms with Crippen molar-refractivity contribution in [2.45, 2.75) is 31.7 Å². The van der Waals surface area contributed by atoms with Crippen LogP contribution >= 0.6 is 11.3 Å². The zero-order valence-corrected chi connectivity index (χ0v) is 17.5. The quantitative estimate of drug-likeness (QED) is 0.599. The fraction of sp³-hybridized carbons (Fsp3) is 0.381. The number of aromatic nitrogens is 3. The third kappa shape index (κ3) is 3.81. The second-order valence-corrected chi connectivity index (χ2v) is 8.83. The van der Waals surface area contributed by atoms with Crippen LogP contribution in [-0.4, -0.2) is 45.9 Å². The number of nitrogen functional groups attached to an aromatic ring is 1. The highest BCUT2D eigenvalue weighted by molar-refractivity contribution is 7.15. The molecule has 4 heterocycles. The lowest BCUT2D eigenvalue weighted by atomic mass is 10.1. The van der Waals surface area contributed by atoms with Gasteiger partial charge in [-0.25, -0.2) is 23.7 Å². The molecule has 5 rings (SSSR count). The van der Waals surface area contributed by atoms with Gasteiger partial charge in [0.15, 0.2) is 6.23 Å². The molecule has 0 aliphatic carbocycles. The minimum Gasteiger partial charge on any atom is -0.396 e. The molecule has 1 saturated heterocycles. The van der Waals surface area contributed by atoms with E-state index in [1.54, 1.807) is 23.4 Å². The fourth-order valence-electron chi connectivity index (χ4n) is 4.05. The number of alkyl halides is 1. The normalized spacial score (nSPS) is 21.3. The molecule has 7 nitrogen and oxygen atoms in total. The molecule has 1 fully saturated rings. The number of piperidine rings is 1. The van der Waals surface area contributed by atoms with Gasteiger partial charge < -0.3 is 20.6 Å². The van der Waals surface area contributed by atoms with Crippen LogP contribution in [-0.2, 0) is 6.42 Å². The first-order chi connectivity index (χ1) is 15.0. The molecule has 0 radical (unpaired) electrons. The summed E-state index contributed by atoms with van der Waals surface area (Å²) < 4.78 is 27.2. The largest absolute Gasteiger partial charge is 0.396 e. The van der Waals surface area contributed by atoms with Crippen molar-refractivity contribution in [3.63, 3.8) is 0 Å². The molecule has 0 bridgehead atoms. The molecule has 31 heavy (non-hydrogen) atoms. The zero-order valence-electron chi connectivity index (χ0n) is 16.7. The van der Waals surface area contributed by atoms with Crippen LogP contribution in [0.3, 0.4) is 0 Å². The summed E-state index contributed by atoms with van der Waals surface area (Å²) in [6.45, 7) is 1.65. The van der Waals surface area contributed by atoms with Gasteiger partial charge in [-0.05, 0) is 31.0 Å². The minimum atomic E-state index is -0.901. The summed E-state index contributed by atoms with van der Waals surface area (Å²) in [7, 11) is 0. The van der Waals surface area contributed by atoms with E-state index in [0.717, 1.165) is 23.5 Å². The van der Waals surface area contributed by atoms with Gasteiger partial charge in [0.05, 0.1) is 35.2 Å². The number of nitrogens with two attached hydrogens (primary N) is 1. The van der Waals surface area contributed by atoms with E-state index in [-0.39, 0.29) is 5.69 Å². The van der Waals surface area contributed by atoms with Gasteiger partial charge >= 0.3 is 0 Å². The highest BCUT2D eigenvalue weighted by Crippen LogP contribution is 2.38. The van der Waals surface area contributed by atoms with Crippen molar-refractivity contribution in [2.24, 2.45) is 0 Å². The Balaban J connectivity index is 1.37. The lowest BCUT2D eigenvalue weighted by Gasteiger charge is -2.33. The van der Waals surface area contributed by atoms with Gasteiger partial charge in [-0.15, -0.1) is 11.3 Å². The zero-order chi connectivity index (χ0) is 21.5. The number of anilines is 3. The maximum Gasteiger partial charge on any atom is 0.164 e. The number of aliphatic hydroxyl groups is 1. The summed E-state index contributed by atoms with van der Waals surface area (Å²) in [4.78, 5) is 18.0. The van der Waals surface area contributed by atoms with Gasteiger partial charge in [-0.1, -0.05) is 0 Å². The Bertz CT molecular complexity index is 1090. The summed E-state index contributed by atoms with van der Waals surface area (Å²) in [6, 6.07) is 4.43. The lowest BCUT2D eigenvalue weighted by Crippen LogP contribution is -2.36. The molecule has 2 aliphatic heterocycles. The number of hydrogen-bond acceptors (Lipinski definition) is 8. The average molecular weight is 445 g/mol. The van der Waals surface area contributed by atoms with Gasteiger partial charge in [0.2, 0.25) is 0 Å². The smallest absolute Gasteiger partial charge is 0.164 e. The molecule has 0 spiro atoms. The topological polar surface area (TPSA) is 91.4 Å². The molecular formula is C21H22F2N6OS. The summed E-state index contributed by atoms with van der Waals surface area (Å²) in [6.07, 6.45) is 3.60.